The van der Waals surface area contributed by atoms with Crippen LogP contribution < -0.4 is 5.32 Å². The Morgan fingerprint density at radius 1 is 1.16 bits per heavy atom. The molecule has 25 heavy (non-hydrogen) atoms. The van der Waals surface area contributed by atoms with E-state index in [0.29, 0.717) is 22.3 Å². The van der Waals surface area contributed by atoms with Gasteiger partial charge in [-0.3, -0.25) is 19.8 Å². The lowest BCUT2D eigenvalue weighted by atomic mass is 10.2. The van der Waals surface area contributed by atoms with Gasteiger partial charge in [-0.2, -0.15) is 0 Å². The molecule has 1 amide bonds. The van der Waals surface area contributed by atoms with Crippen molar-refractivity contribution in [3.63, 3.8) is 0 Å². The van der Waals surface area contributed by atoms with E-state index >= 15 is 0 Å². The van der Waals surface area contributed by atoms with Gasteiger partial charge in [-0.15, -0.1) is 0 Å². The number of nitrogens with one attached hydrogen (secondary N) is 1. The van der Waals surface area contributed by atoms with E-state index in [1.807, 2.05) is 0 Å². The van der Waals surface area contributed by atoms with Crippen molar-refractivity contribution in [1.82, 2.24) is 4.90 Å². The number of amides is 1. The van der Waals surface area contributed by atoms with Gasteiger partial charge in [-0.25, -0.2) is 0 Å². The van der Waals surface area contributed by atoms with Gasteiger partial charge < -0.3 is 5.32 Å². The zero-order chi connectivity index (χ0) is 18.6. The summed E-state index contributed by atoms with van der Waals surface area (Å²) in [6.45, 7) is 0.545. The molecule has 0 radical (unpaired) electrons. The molecule has 0 aliphatic heterocycles. The summed E-state index contributed by atoms with van der Waals surface area (Å²) in [5.41, 5.74) is 1.02. The number of nitrogens with zero attached hydrogens (tertiary/aromatic N) is 2. The third kappa shape index (κ3) is 5.57. The minimum atomic E-state index is -0.554. The highest BCUT2D eigenvalue weighted by Gasteiger charge is 2.13. The standard InChI is InChI=1S/C16H14Cl3N3O3/c1-21(8-10-2-3-11(17)6-13(10)18)9-16(23)20-15-5-4-12(22(24)25)7-14(15)19/h2-7H,8-9H2,1H3,(H,20,23). The third-order valence-electron chi connectivity index (χ3n) is 3.31. The Hall–Kier alpha value is -1.86. The molecule has 1 N–H and O–H groups in total. The van der Waals surface area contributed by atoms with Crippen LogP contribution in [-0.2, 0) is 11.3 Å². The molecule has 0 fully saturated rings. The number of likely N-dealkylation sites (N-methyl/N-ethyl adjacent to an activating group) is 1. The van der Waals surface area contributed by atoms with Crippen LogP contribution in [0.3, 0.4) is 0 Å². The number of non-ortho nitro benzene ring substituents is 1. The fraction of sp³-hybridized carbons (Fsp3) is 0.188. The molecule has 9 heteroatoms. The molecule has 0 spiro atoms. The highest BCUT2D eigenvalue weighted by molar-refractivity contribution is 6.35. The summed E-state index contributed by atoms with van der Waals surface area (Å²) in [7, 11) is 1.77. The summed E-state index contributed by atoms with van der Waals surface area (Å²) in [6, 6.07) is 9.03. The lowest BCUT2D eigenvalue weighted by molar-refractivity contribution is -0.384. The van der Waals surface area contributed by atoms with Crippen molar-refractivity contribution in [3.8, 4) is 0 Å². The van der Waals surface area contributed by atoms with Crippen LogP contribution in [0.2, 0.25) is 15.1 Å². The molecule has 0 heterocycles. The van der Waals surface area contributed by atoms with E-state index in [4.69, 9.17) is 34.8 Å². The fourth-order valence-corrected chi connectivity index (χ4v) is 2.84. The molecule has 132 valence electrons. The molecule has 2 aromatic carbocycles. The van der Waals surface area contributed by atoms with Crippen molar-refractivity contribution >= 4 is 52.1 Å². The predicted molar refractivity (Wildman–Crippen MR) is 99.5 cm³/mol. The average molecular weight is 403 g/mol. The smallest absolute Gasteiger partial charge is 0.271 e. The van der Waals surface area contributed by atoms with Gasteiger partial charge in [0.25, 0.3) is 5.69 Å². The van der Waals surface area contributed by atoms with Crippen LogP contribution in [-0.4, -0.2) is 29.3 Å². The third-order valence-corrected chi connectivity index (χ3v) is 4.21. The largest absolute Gasteiger partial charge is 0.324 e. The number of hydrogen-bond acceptors (Lipinski definition) is 4. The number of hydrogen-bond donors (Lipinski definition) is 1. The number of carbonyl (C=O) groups excluding carboxylic acids is 1. The minimum absolute atomic E-state index is 0.0896. The summed E-state index contributed by atoms with van der Waals surface area (Å²) in [4.78, 5) is 24.0. The number of halogens is 3. The van der Waals surface area contributed by atoms with E-state index in [-0.39, 0.29) is 23.2 Å². The second-order valence-electron chi connectivity index (χ2n) is 5.38. The van der Waals surface area contributed by atoms with E-state index in [1.165, 1.54) is 18.2 Å². The Kier molecular flexibility index (Phi) is 6.61. The van der Waals surface area contributed by atoms with Gasteiger partial charge in [0.2, 0.25) is 5.91 Å². The second kappa shape index (κ2) is 8.49. The molecular weight excluding hydrogens is 389 g/mol. The molecular formula is C16H14Cl3N3O3. The van der Waals surface area contributed by atoms with Crippen molar-refractivity contribution in [2.75, 3.05) is 18.9 Å². The van der Waals surface area contributed by atoms with E-state index in [0.717, 1.165) is 5.56 Å². The van der Waals surface area contributed by atoms with E-state index in [1.54, 1.807) is 30.1 Å². The Bertz CT molecular complexity index is 814. The number of carbonyl (C=O) groups is 1. The van der Waals surface area contributed by atoms with Crippen LogP contribution >= 0.6 is 34.8 Å². The van der Waals surface area contributed by atoms with Crippen molar-refractivity contribution in [3.05, 3.63) is 67.1 Å². The first-order valence-corrected chi connectivity index (χ1v) is 8.26. The molecule has 0 aliphatic rings. The number of nitro benzene ring substituents is 1. The molecule has 2 aromatic rings. The Balaban J connectivity index is 1.96. The lowest BCUT2D eigenvalue weighted by Crippen LogP contribution is -2.30. The zero-order valence-corrected chi connectivity index (χ0v) is 15.4. The van der Waals surface area contributed by atoms with Crippen molar-refractivity contribution in [2.24, 2.45) is 0 Å². The van der Waals surface area contributed by atoms with Crippen molar-refractivity contribution in [2.45, 2.75) is 6.54 Å². The molecule has 2 rings (SSSR count). The summed E-state index contributed by atoms with van der Waals surface area (Å²) >= 11 is 17.9. The maximum absolute atomic E-state index is 12.1. The minimum Gasteiger partial charge on any atom is -0.324 e. The molecule has 0 unspecified atom stereocenters. The number of anilines is 1. The zero-order valence-electron chi connectivity index (χ0n) is 13.1. The number of rotatable bonds is 6. The Labute approximate surface area is 159 Å². The van der Waals surface area contributed by atoms with Crippen LogP contribution in [0.5, 0.6) is 0 Å². The highest BCUT2D eigenvalue weighted by Crippen LogP contribution is 2.26. The fourth-order valence-electron chi connectivity index (χ4n) is 2.15. The van der Waals surface area contributed by atoms with Gasteiger partial charge in [-0.05, 0) is 30.8 Å². The molecule has 0 aliphatic carbocycles. The quantitative estimate of drug-likeness (QED) is 0.565. The van der Waals surface area contributed by atoms with Gasteiger partial charge in [0.1, 0.15) is 0 Å². The van der Waals surface area contributed by atoms with Crippen molar-refractivity contribution in [1.29, 1.82) is 0 Å². The topological polar surface area (TPSA) is 75.5 Å². The highest BCUT2D eigenvalue weighted by atomic mass is 35.5. The van der Waals surface area contributed by atoms with Gasteiger partial charge in [0, 0.05) is 28.7 Å². The van der Waals surface area contributed by atoms with Gasteiger partial charge in [0.15, 0.2) is 0 Å². The van der Waals surface area contributed by atoms with Gasteiger partial charge in [0.05, 0.1) is 22.2 Å². The molecule has 0 bridgehead atoms. The maximum atomic E-state index is 12.1. The number of nitro groups is 1. The molecule has 0 saturated carbocycles. The summed E-state index contributed by atoms with van der Waals surface area (Å²) in [5.74, 6) is -0.302. The maximum Gasteiger partial charge on any atom is 0.271 e. The summed E-state index contributed by atoms with van der Waals surface area (Å²) in [6.07, 6.45) is 0. The van der Waals surface area contributed by atoms with Crippen LogP contribution in [0.25, 0.3) is 0 Å². The van der Waals surface area contributed by atoms with E-state index in [9.17, 15) is 14.9 Å². The second-order valence-corrected chi connectivity index (χ2v) is 6.63. The predicted octanol–water partition coefficient (Wildman–Crippen LogP) is 4.63. The average Bonchev–Trinajstić information content (AvgIpc) is 2.51. The van der Waals surface area contributed by atoms with Gasteiger partial charge in [-0.1, -0.05) is 40.9 Å². The first-order chi connectivity index (χ1) is 11.8. The molecule has 0 atom stereocenters. The Morgan fingerprint density at radius 2 is 1.88 bits per heavy atom. The lowest BCUT2D eigenvalue weighted by Gasteiger charge is -2.17. The monoisotopic (exact) mass is 401 g/mol. The number of benzene rings is 2. The van der Waals surface area contributed by atoms with Crippen LogP contribution in [0.1, 0.15) is 5.56 Å². The first kappa shape index (κ1) is 19.5. The van der Waals surface area contributed by atoms with Crippen LogP contribution in [0.15, 0.2) is 36.4 Å². The van der Waals surface area contributed by atoms with Crippen LogP contribution in [0.4, 0.5) is 11.4 Å². The van der Waals surface area contributed by atoms with Gasteiger partial charge >= 0.3 is 0 Å². The molecule has 0 aromatic heterocycles. The van der Waals surface area contributed by atoms with Crippen LogP contribution in [0, 0.1) is 10.1 Å². The molecule has 6 nitrogen and oxygen atoms in total. The van der Waals surface area contributed by atoms with E-state index < -0.39 is 4.92 Å². The molecule has 0 saturated heterocycles. The summed E-state index contributed by atoms with van der Waals surface area (Å²) < 4.78 is 0. The van der Waals surface area contributed by atoms with E-state index in [2.05, 4.69) is 5.32 Å². The van der Waals surface area contributed by atoms with Crippen molar-refractivity contribution < 1.29 is 9.72 Å². The SMILES string of the molecule is CN(CC(=O)Nc1ccc([N+](=O)[O-])cc1Cl)Cc1ccc(Cl)cc1Cl. The normalized spacial score (nSPS) is 10.8. The Morgan fingerprint density at radius 3 is 2.48 bits per heavy atom. The summed E-state index contributed by atoms with van der Waals surface area (Å²) in [5, 5.41) is 14.5. The first-order valence-electron chi connectivity index (χ1n) is 7.12.